The largest absolute Gasteiger partial charge is 0.480 e. The fourth-order valence-electron chi connectivity index (χ4n) is 1.81. The third kappa shape index (κ3) is 3.60. The van der Waals surface area contributed by atoms with Crippen molar-refractivity contribution in [3.63, 3.8) is 0 Å². The van der Waals surface area contributed by atoms with Gasteiger partial charge in [-0.25, -0.2) is 9.59 Å². The Bertz CT molecular complexity index is 455. The van der Waals surface area contributed by atoms with Crippen LogP contribution in [-0.4, -0.2) is 51.2 Å². The molecule has 7 heteroatoms. The summed E-state index contributed by atoms with van der Waals surface area (Å²) >= 11 is 1.45. The lowest BCUT2D eigenvalue weighted by Gasteiger charge is -2.20. The van der Waals surface area contributed by atoms with Crippen LogP contribution in [0.2, 0.25) is 0 Å². The molecule has 1 aromatic rings. The summed E-state index contributed by atoms with van der Waals surface area (Å²) in [5, 5.41) is 11.7. The van der Waals surface area contributed by atoms with Gasteiger partial charge in [0.2, 0.25) is 0 Å². The van der Waals surface area contributed by atoms with Crippen molar-refractivity contribution in [1.82, 2.24) is 15.2 Å². The van der Waals surface area contributed by atoms with Crippen LogP contribution in [-0.2, 0) is 11.2 Å². The second-order valence-corrected chi connectivity index (χ2v) is 5.17. The van der Waals surface area contributed by atoms with E-state index in [9.17, 15) is 9.59 Å². The summed E-state index contributed by atoms with van der Waals surface area (Å²) in [6.45, 7) is 0.470. The van der Waals surface area contributed by atoms with E-state index in [1.807, 2.05) is 12.1 Å². The van der Waals surface area contributed by atoms with E-state index in [1.54, 1.807) is 12.4 Å². The number of hydrogen-bond acceptors (Lipinski definition) is 4. The van der Waals surface area contributed by atoms with Crippen LogP contribution in [0.1, 0.15) is 5.56 Å². The zero-order valence-electron chi connectivity index (χ0n) is 10.3. The summed E-state index contributed by atoms with van der Waals surface area (Å²) in [7, 11) is 0. The molecule has 0 aromatic carbocycles. The predicted molar refractivity (Wildman–Crippen MR) is 71.9 cm³/mol. The number of aliphatic carboxylic acids is 1. The molecule has 0 aliphatic carbocycles. The number of nitrogens with one attached hydrogen (secondary N) is 1. The molecule has 2 heterocycles. The van der Waals surface area contributed by atoms with Crippen molar-refractivity contribution in [2.24, 2.45) is 0 Å². The lowest BCUT2D eigenvalue weighted by Crippen LogP contribution is -2.47. The van der Waals surface area contributed by atoms with Crippen LogP contribution in [0.25, 0.3) is 0 Å². The number of nitrogens with zero attached hydrogens (tertiary/aromatic N) is 2. The number of amides is 2. The fraction of sp³-hybridized carbons (Fsp3) is 0.417. The van der Waals surface area contributed by atoms with Crippen LogP contribution in [0, 0.1) is 0 Å². The van der Waals surface area contributed by atoms with Crippen LogP contribution >= 0.6 is 11.8 Å². The van der Waals surface area contributed by atoms with Crippen molar-refractivity contribution in [2.75, 3.05) is 18.2 Å². The molecule has 1 saturated heterocycles. The van der Waals surface area contributed by atoms with Gasteiger partial charge in [0.25, 0.3) is 0 Å². The minimum absolute atomic E-state index is 0.318. The summed E-state index contributed by atoms with van der Waals surface area (Å²) in [5.74, 6) is -0.0754. The highest BCUT2D eigenvalue weighted by atomic mass is 32.2. The van der Waals surface area contributed by atoms with E-state index >= 15 is 0 Å². The van der Waals surface area contributed by atoms with E-state index in [1.165, 1.54) is 16.7 Å². The van der Waals surface area contributed by atoms with Crippen molar-refractivity contribution < 1.29 is 14.7 Å². The SMILES string of the molecule is O=C(O)[C@@H]1CSCN1C(=O)NCCc1cccnc1. The van der Waals surface area contributed by atoms with Crippen molar-refractivity contribution >= 4 is 23.8 Å². The number of rotatable bonds is 4. The first-order valence-electron chi connectivity index (χ1n) is 5.92. The zero-order valence-corrected chi connectivity index (χ0v) is 11.1. The van der Waals surface area contributed by atoms with Gasteiger partial charge in [0.05, 0.1) is 5.88 Å². The molecular formula is C12H15N3O3S. The summed E-state index contributed by atoms with van der Waals surface area (Å²) in [6, 6.07) is 2.74. The van der Waals surface area contributed by atoms with Gasteiger partial charge in [-0.15, -0.1) is 11.8 Å². The molecule has 2 amide bonds. The zero-order chi connectivity index (χ0) is 13.7. The summed E-state index contributed by atoms with van der Waals surface area (Å²) in [5.41, 5.74) is 1.04. The van der Waals surface area contributed by atoms with Crippen molar-refractivity contribution in [1.29, 1.82) is 0 Å². The normalized spacial score (nSPS) is 18.3. The van der Waals surface area contributed by atoms with Gasteiger partial charge in [-0.3, -0.25) is 4.98 Å². The van der Waals surface area contributed by atoms with Crippen molar-refractivity contribution in [3.05, 3.63) is 30.1 Å². The molecule has 0 bridgehead atoms. The lowest BCUT2D eigenvalue weighted by atomic mass is 10.2. The molecule has 6 nitrogen and oxygen atoms in total. The maximum Gasteiger partial charge on any atom is 0.327 e. The highest BCUT2D eigenvalue weighted by Crippen LogP contribution is 2.20. The Morgan fingerprint density at radius 1 is 1.58 bits per heavy atom. The molecule has 0 saturated carbocycles. The number of hydrogen-bond donors (Lipinski definition) is 2. The highest BCUT2D eigenvalue weighted by molar-refractivity contribution is 7.99. The number of pyridine rings is 1. The quantitative estimate of drug-likeness (QED) is 0.852. The van der Waals surface area contributed by atoms with Gasteiger partial charge in [-0.2, -0.15) is 0 Å². The number of urea groups is 1. The number of carbonyl (C=O) groups excluding carboxylic acids is 1. The molecule has 1 aromatic heterocycles. The second kappa shape index (κ2) is 6.42. The number of carbonyl (C=O) groups is 2. The standard InChI is InChI=1S/C12H15N3O3S/c16-11(17)10-7-19-8-15(10)12(18)14-5-3-9-2-1-4-13-6-9/h1-2,4,6,10H,3,5,7-8H2,(H,14,18)(H,16,17)/t10-/m0/s1. The third-order valence-corrected chi connectivity index (χ3v) is 3.85. The Morgan fingerprint density at radius 3 is 3.11 bits per heavy atom. The third-order valence-electron chi connectivity index (χ3n) is 2.84. The van der Waals surface area contributed by atoms with Crippen LogP contribution in [0.15, 0.2) is 24.5 Å². The first kappa shape index (κ1) is 13.7. The minimum atomic E-state index is -0.951. The molecule has 1 aliphatic rings. The monoisotopic (exact) mass is 281 g/mol. The number of carboxylic acids is 1. The molecule has 2 rings (SSSR count). The van der Waals surface area contributed by atoms with Gasteiger partial charge in [0.15, 0.2) is 0 Å². The average molecular weight is 281 g/mol. The van der Waals surface area contributed by atoms with Gasteiger partial charge in [0, 0.05) is 24.7 Å². The Balaban J connectivity index is 1.80. The van der Waals surface area contributed by atoms with E-state index < -0.39 is 12.0 Å². The molecule has 1 atom stereocenters. The maximum absolute atomic E-state index is 11.9. The van der Waals surface area contributed by atoms with Gasteiger partial charge in [0.1, 0.15) is 6.04 Å². The van der Waals surface area contributed by atoms with Gasteiger partial charge in [-0.1, -0.05) is 6.07 Å². The molecule has 1 aliphatic heterocycles. The Labute approximate surface area is 115 Å². The summed E-state index contributed by atoms with van der Waals surface area (Å²) in [6.07, 6.45) is 4.12. The van der Waals surface area contributed by atoms with E-state index in [-0.39, 0.29) is 6.03 Å². The molecule has 1 fully saturated rings. The summed E-state index contributed by atoms with van der Waals surface area (Å²) < 4.78 is 0. The number of carboxylic acid groups (broad SMARTS) is 1. The van der Waals surface area contributed by atoms with E-state index in [4.69, 9.17) is 5.11 Å². The molecule has 0 radical (unpaired) electrons. The Kier molecular flexibility index (Phi) is 4.62. The topological polar surface area (TPSA) is 82.5 Å². The molecule has 0 unspecified atom stereocenters. The Morgan fingerprint density at radius 2 is 2.42 bits per heavy atom. The fourth-order valence-corrected chi connectivity index (χ4v) is 2.95. The highest BCUT2D eigenvalue weighted by Gasteiger charge is 2.34. The van der Waals surface area contributed by atoms with Crippen molar-refractivity contribution in [3.8, 4) is 0 Å². The van der Waals surface area contributed by atoms with Crippen LogP contribution in [0.5, 0.6) is 0 Å². The predicted octanol–water partition coefficient (Wildman–Crippen LogP) is 0.793. The van der Waals surface area contributed by atoms with Crippen LogP contribution in [0.3, 0.4) is 0 Å². The molecular weight excluding hydrogens is 266 g/mol. The molecule has 2 N–H and O–H groups in total. The first-order chi connectivity index (χ1) is 9.18. The molecule has 19 heavy (non-hydrogen) atoms. The second-order valence-electron chi connectivity index (χ2n) is 4.17. The van der Waals surface area contributed by atoms with Gasteiger partial charge in [-0.05, 0) is 18.1 Å². The maximum atomic E-state index is 11.9. The van der Waals surface area contributed by atoms with Crippen LogP contribution in [0.4, 0.5) is 4.79 Å². The minimum Gasteiger partial charge on any atom is -0.480 e. The van der Waals surface area contributed by atoms with E-state index in [2.05, 4.69) is 10.3 Å². The van der Waals surface area contributed by atoms with E-state index in [0.29, 0.717) is 24.6 Å². The molecule has 102 valence electrons. The van der Waals surface area contributed by atoms with E-state index in [0.717, 1.165) is 5.56 Å². The smallest absolute Gasteiger partial charge is 0.327 e. The van der Waals surface area contributed by atoms with Crippen LogP contribution < -0.4 is 5.32 Å². The number of aromatic nitrogens is 1. The summed E-state index contributed by atoms with van der Waals surface area (Å²) in [4.78, 5) is 28.2. The molecule has 0 spiro atoms. The van der Waals surface area contributed by atoms with Gasteiger partial charge >= 0.3 is 12.0 Å². The lowest BCUT2D eigenvalue weighted by molar-refractivity contribution is -0.140. The Hall–Kier alpha value is -1.76. The van der Waals surface area contributed by atoms with Crippen molar-refractivity contribution in [2.45, 2.75) is 12.5 Å². The number of thioether (sulfide) groups is 1. The first-order valence-corrected chi connectivity index (χ1v) is 7.08. The van der Waals surface area contributed by atoms with Gasteiger partial charge < -0.3 is 15.3 Å². The average Bonchev–Trinajstić information content (AvgIpc) is 2.89.